The van der Waals surface area contributed by atoms with Crippen molar-refractivity contribution in [2.24, 2.45) is 0 Å². The second-order valence-corrected chi connectivity index (χ2v) is 9.12. The molecule has 1 fully saturated rings. The molecule has 0 aliphatic carbocycles. The molecule has 186 valence electrons. The van der Waals surface area contributed by atoms with Crippen LogP contribution in [0.15, 0.2) is 72.3 Å². The van der Waals surface area contributed by atoms with Crippen molar-refractivity contribution in [2.45, 2.75) is 39.7 Å². The summed E-state index contributed by atoms with van der Waals surface area (Å²) >= 11 is 0. The summed E-state index contributed by atoms with van der Waals surface area (Å²) in [5.74, 6) is -0.111. The average molecular weight is 486 g/mol. The Morgan fingerprint density at radius 1 is 1.03 bits per heavy atom. The van der Waals surface area contributed by atoms with E-state index in [2.05, 4.69) is 0 Å². The normalized spacial score (nSPS) is 17.1. The minimum Gasteiger partial charge on any atom is -0.507 e. The number of anilines is 1. The number of aryl methyl sites for hydroxylation is 1. The first kappa shape index (κ1) is 25.0. The van der Waals surface area contributed by atoms with Gasteiger partial charge in [0.1, 0.15) is 17.3 Å². The highest BCUT2D eigenvalue weighted by Crippen LogP contribution is 2.43. The number of amides is 1. The molecule has 1 amide bonds. The third-order valence-corrected chi connectivity index (χ3v) is 6.36. The predicted octanol–water partition coefficient (Wildman–Crippen LogP) is 6.15. The van der Waals surface area contributed by atoms with Crippen LogP contribution in [0.2, 0.25) is 0 Å². The first-order chi connectivity index (χ1) is 17.3. The highest BCUT2D eigenvalue weighted by Gasteiger charge is 2.47. The van der Waals surface area contributed by atoms with Crippen LogP contribution >= 0.6 is 0 Å². The van der Waals surface area contributed by atoms with E-state index < -0.39 is 17.7 Å². The van der Waals surface area contributed by atoms with Gasteiger partial charge in [0.25, 0.3) is 11.7 Å². The molecule has 0 aromatic heterocycles. The number of hydrogen-bond donors (Lipinski definition) is 1. The molecular formula is C30H31NO5. The number of carbonyl (C=O) groups is 2. The molecule has 3 aromatic rings. The molecule has 1 aliphatic rings. The molecule has 6 heteroatoms. The van der Waals surface area contributed by atoms with Crippen molar-refractivity contribution in [3.05, 3.63) is 94.6 Å². The number of hydrogen-bond acceptors (Lipinski definition) is 5. The Hall–Kier alpha value is -4.06. The van der Waals surface area contributed by atoms with Crippen LogP contribution in [0.5, 0.6) is 11.5 Å². The van der Waals surface area contributed by atoms with Gasteiger partial charge in [0.2, 0.25) is 0 Å². The monoisotopic (exact) mass is 485 g/mol. The summed E-state index contributed by atoms with van der Waals surface area (Å²) in [4.78, 5) is 28.3. The number of carbonyl (C=O) groups excluding carboxylic acids is 2. The van der Waals surface area contributed by atoms with E-state index in [-0.39, 0.29) is 17.3 Å². The lowest BCUT2D eigenvalue weighted by molar-refractivity contribution is -0.132. The van der Waals surface area contributed by atoms with Gasteiger partial charge in [-0.3, -0.25) is 14.5 Å². The smallest absolute Gasteiger partial charge is 0.300 e. The molecule has 1 atom stereocenters. The van der Waals surface area contributed by atoms with Gasteiger partial charge in [-0.2, -0.15) is 0 Å². The van der Waals surface area contributed by atoms with Gasteiger partial charge in [0, 0.05) is 11.3 Å². The van der Waals surface area contributed by atoms with Crippen LogP contribution in [0.25, 0.3) is 5.76 Å². The maximum atomic E-state index is 13.4. The number of nitrogens with zero attached hydrogens (tertiary/aromatic N) is 1. The fraction of sp³-hybridized carbons (Fsp3) is 0.267. The molecule has 4 rings (SSSR count). The zero-order valence-corrected chi connectivity index (χ0v) is 21.2. The van der Waals surface area contributed by atoms with Crippen molar-refractivity contribution in [3.8, 4) is 11.5 Å². The number of methoxy groups -OCH3 is 1. The molecule has 3 aromatic carbocycles. The summed E-state index contributed by atoms with van der Waals surface area (Å²) in [5.41, 5.74) is 3.64. The molecular weight excluding hydrogens is 454 g/mol. The number of benzene rings is 3. The summed E-state index contributed by atoms with van der Waals surface area (Å²) in [6, 6.07) is 19.2. The third kappa shape index (κ3) is 4.59. The molecule has 36 heavy (non-hydrogen) atoms. The number of aliphatic hydroxyl groups is 1. The van der Waals surface area contributed by atoms with E-state index in [9.17, 15) is 14.7 Å². The van der Waals surface area contributed by atoms with Crippen molar-refractivity contribution in [3.63, 3.8) is 0 Å². The van der Waals surface area contributed by atoms with E-state index in [4.69, 9.17) is 9.47 Å². The number of Topliss-reactive ketones (excluding diaryl/α,β-unsaturated/α-hetero) is 1. The average Bonchev–Trinajstić information content (AvgIpc) is 3.14. The first-order valence-corrected chi connectivity index (χ1v) is 12.1. The zero-order chi connectivity index (χ0) is 26.0. The Labute approximate surface area is 211 Å². The molecule has 1 unspecified atom stereocenters. The van der Waals surface area contributed by atoms with Crippen LogP contribution in [-0.2, 0) is 9.59 Å². The van der Waals surface area contributed by atoms with Crippen molar-refractivity contribution in [2.75, 3.05) is 18.6 Å². The van der Waals surface area contributed by atoms with Crippen LogP contribution in [0.4, 0.5) is 5.69 Å². The van der Waals surface area contributed by atoms with Crippen LogP contribution in [0.3, 0.4) is 0 Å². The maximum Gasteiger partial charge on any atom is 0.300 e. The van der Waals surface area contributed by atoms with Gasteiger partial charge >= 0.3 is 0 Å². The lowest BCUT2D eigenvalue weighted by atomic mass is 9.93. The van der Waals surface area contributed by atoms with Gasteiger partial charge in [-0.15, -0.1) is 0 Å². The van der Waals surface area contributed by atoms with E-state index in [1.54, 1.807) is 37.4 Å². The Morgan fingerprint density at radius 2 is 1.75 bits per heavy atom. The van der Waals surface area contributed by atoms with E-state index >= 15 is 0 Å². The summed E-state index contributed by atoms with van der Waals surface area (Å²) in [7, 11) is 1.60. The first-order valence-electron chi connectivity index (χ1n) is 12.1. The van der Waals surface area contributed by atoms with Gasteiger partial charge < -0.3 is 14.6 Å². The number of aliphatic hydroxyl groups excluding tert-OH is 1. The lowest BCUT2D eigenvalue weighted by Crippen LogP contribution is -2.29. The van der Waals surface area contributed by atoms with Crippen molar-refractivity contribution in [1.82, 2.24) is 0 Å². The Kier molecular flexibility index (Phi) is 7.15. The SMILES string of the molecule is CCOc1ccc(C2/C(=C(/O)c3ccc(OC)c(C(C)C)c3)C(=O)C(=O)N2c2cccc(C)c2)cc1. The Balaban J connectivity index is 1.92. The number of ether oxygens (including phenoxy) is 2. The molecule has 6 nitrogen and oxygen atoms in total. The largest absolute Gasteiger partial charge is 0.507 e. The summed E-state index contributed by atoms with van der Waals surface area (Å²) in [5, 5.41) is 11.5. The van der Waals surface area contributed by atoms with Crippen molar-refractivity contribution >= 4 is 23.1 Å². The van der Waals surface area contributed by atoms with E-state index in [0.717, 1.165) is 11.1 Å². The zero-order valence-electron chi connectivity index (χ0n) is 21.2. The molecule has 1 saturated heterocycles. The molecule has 0 spiro atoms. The second kappa shape index (κ2) is 10.3. The second-order valence-electron chi connectivity index (χ2n) is 9.12. The predicted molar refractivity (Wildman–Crippen MR) is 141 cm³/mol. The van der Waals surface area contributed by atoms with Crippen LogP contribution in [0.1, 0.15) is 55.0 Å². The van der Waals surface area contributed by atoms with Crippen molar-refractivity contribution in [1.29, 1.82) is 0 Å². The highest BCUT2D eigenvalue weighted by molar-refractivity contribution is 6.51. The topological polar surface area (TPSA) is 76.1 Å². The molecule has 0 bridgehead atoms. The van der Waals surface area contributed by atoms with Gasteiger partial charge in [0.15, 0.2) is 0 Å². The maximum absolute atomic E-state index is 13.4. The van der Waals surface area contributed by atoms with Gasteiger partial charge in [0.05, 0.1) is 25.3 Å². The van der Waals surface area contributed by atoms with E-state index in [0.29, 0.717) is 34.9 Å². The number of ketones is 1. The Bertz CT molecular complexity index is 1320. The highest BCUT2D eigenvalue weighted by atomic mass is 16.5. The minimum atomic E-state index is -0.799. The molecule has 1 N–H and O–H groups in total. The molecule has 1 heterocycles. The van der Waals surface area contributed by atoms with Gasteiger partial charge in [-0.25, -0.2) is 0 Å². The number of rotatable bonds is 7. The van der Waals surface area contributed by atoms with Crippen molar-refractivity contribution < 1.29 is 24.2 Å². The fourth-order valence-corrected chi connectivity index (χ4v) is 4.59. The fourth-order valence-electron chi connectivity index (χ4n) is 4.59. The van der Waals surface area contributed by atoms with Gasteiger partial charge in [-0.05, 0) is 78.9 Å². The summed E-state index contributed by atoms with van der Waals surface area (Å²) < 4.78 is 11.0. The molecule has 0 radical (unpaired) electrons. The minimum absolute atomic E-state index is 0.0468. The quantitative estimate of drug-likeness (QED) is 0.247. The van der Waals surface area contributed by atoms with Crippen LogP contribution in [-0.4, -0.2) is 30.5 Å². The van der Waals surface area contributed by atoms with Crippen LogP contribution < -0.4 is 14.4 Å². The molecule has 1 aliphatic heterocycles. The lowest BCUT2D eigenvalue weighted by Gasteiger charge is -2.26. The standard InChI is InChI=1S/C30H31NO5/c1-6-36-23-13-10-20(11-14-23)27-26(28(32)21-12-15-25(35-5)24(17-21)18(2)3)29(33)30(34)31(27)22-9-7-8-19(4)16-22/h7-18,27,32H,6H2,1-5H3/b28-26-. The summed E-state index contributed by atoms with van der Waals surface area (Å²) in [6.45, 7) is 8.41. The Morgan fingerprint density at radius 3 is 2.36 bits per heavy atom. The third-order valence-electron chi connectivity index (χ3n) is 6.36. The van der Waals surface area contributed by atoms with E-state index in [1.165, 1.54) is 4.90 Å². The summed E-state index contributed by atoms with van der Waals surface area (Å²) in [6.07, 6.45) is 0. The van der Waals surface area contributed by atoms with Crippen LogP contribution in [0, 0.1) is 6.92 Å². The molecule has 0 saturated carbocycles. The van der Waals surface area contributed by atoms with Gasteiger partial charge in [-0.1, -0.05) is 38.1 Å². The van der Waals surface area contributed by atoms with E-state index in [1.807, 2.05) is 64.1 Å².